The van der Waals surface area contributed by atoms with Gasteiger partial charge in [-0.2, -0.15) is 0 Å². The van der Waals surface area contributed by atoms with Gasteiger partial charge in [-0.25, -0.2) is 0 Å². The van der Waals surface area contributed by atoms with Crippen molar-refractivity contribution in [3.05, 3.63) is 71.3 Å². The van der Waals surface area contributed by atoms with Crippen LogP contribution >= 0.6 is 0 Å². The van der Waals surface area contributed by atoms with Crippen molar-refractivity contribution in [1.82, 2.24) is 5.32 Å². The molecule has 104 valence electrons. The molecule has 1 unspecified atom stereocenters. The first-order valence-electron chi connectivity index (χ1n) is 7.35. The van der Waals surface area contributed by atoms with Gasteiger partial charge in [0.25, 0.3) is 0 Å². The normalized spacial score (nSPS) is 16.1. The van der Waals surface area contributed by atoms with Gasteiger partial charge in [0.05, 0.1) is 12.6 Å². The van der Waals surface area contributed by atoms with Crippen LogP contribution in [0.1, 0.15) is 41.5 Å². The summed E-state index contributed by atoms with van der Waals surface area (Å²) >= 11 is 0. The number of nitrogens with one attached hydrogen (secondary N) is 1. The highest BCUT2D eigenvalue weighted by molar-refractivity contribution is 5.33. The van der Waals surface area contributed by atoms with E-state index >= 15 is 0 Å². The number of hydrogen-bond acceptors (Lipinski definition) is 2. The van der Waals surface area contributed by atoms with Crippen LogP contribution in [-0.4, -0.2) is 11.7 Å². The Balaban J connectivity index is 1.69. The summed E-state index contributed by atoms with van der Waals surface area (Å²) in [6.45, 7) is 0.933. The van der Waals surface area contributed by atoms with E-state index in [0.717, 1.165) is 18.0 Å². The Labute approximate surface area is 120 Å². The van der Waals surface area contributed by atoms with E-state index in [0.29, 0.717) is 0 Å². The highest BCUT2D eigenvalue weighted by Gasteiger charge is 2.25. The fourth-order valence-electron chi connectivity index (χ4n) is 2.69. The monoisotopic (exact) mass is 267 g/mol. The molecule has 0 aromatic heterocycles. The van der Waals surface area contributed by atoms with E-state index in [1.165, 1.54) is 24.0 Å². The first-order valence-corrected chi connectivity index (χ1v) is 7.35. The molecule has 1 saturated carbocycles. The first-order chi connectivity index (χ1) is 9.88. The van der Waals surface area contributed by atoms with Gasteiger partial charge in [-0.1, -0.05) is 54.6 Å². The van der Waals surface area contributed by atoms with Crippen molar-refractivity contribution in [2.45, 2.75) is 31.3 Å². The van der Waals surface area contributed by atoms with Gasteiger partial charge in [0.1, 0.15) is 0 Å². The summed E-state index contributed by atoms with van der Waals surface area (Å²) in [5, 5.41) is 13.1. The fourth-order valence-corrected chi connectivity index (χ4v) is 2.69. The third-order valence-corrected chi connectivity index (χ3v) is 4.00. The van der Waals surface area contributed by atoms with Crippen molar-refractivity contribution in [1.29, 1.82) is 0 Å². The Bertz CT molecular complexity index is 548. The molecule has 0 amide bonds. The molecule has 2 heteroatoms. The maximum absolute atomic E-state index is 9.59. The predicted octanol–water partition coefficient (Wildman–Crippen LogP) is 3.39. The lowest BCUT2D eigenvalue weighted by molar-refractivity contribution is 0.243. The SMILES string of the molecule is OCC(NCc1ccccc1C1CC1)c1ccccc1. The van der Waals surface area contributed by atoms with E-state index in [-0.39, 0.29) is 12.6 Å². The van der Waals surface area contributed by atoms with Crippen LogP contribution in [0.25, 0.3) is 0 Å². The minimum Gasteiger partial charge on any atom is -0.394 e. The Morgan fingerprint density at radius 3 is 2.40 bits per heavy atom. The molecule has 1 aliphatic rings. The second-order valence-corrected chi connectivity index (χ2v) is 5.50. The average molecular weight is 267 g/mol. The molecule has 1 aliphatic carbocycles. The molecule has 0 bridgehead atoms. The van der Waals surface area contributed by atoms with Crippen LogP contribution in [-0.2, 0) is 6.54 Å². The zero-order valence-corrected chi connectivity index (χ0v) is 11.6. The van der Waals surface area contributed by atoms with Crippen molar-refractivity contribution in [2.75, 3.05) is 6.61 Å². The fraction of sp³-hybridized carbons (Fsp3) is 0.333. The van der Waals surface area contributed by atoms with E-state index < -0.39 is 0 Å². The van der Waals surface area contributed by atoms with Gasteiger partial charge < -0.3 is 10.4 Å². The maximum atomic E-state index is 9.59. The van der Waals surface area contributed by atoms with Crippen LogP contribution < -0.4 is 5.32 Å². The van der Waals surface area contributed by atoms with Crippen molar-refractivity contribution >= 4 is 0 Å². The topological polar surface area (TPSA) is 32.3 Å². The molecular formula is C18H21NO. The van der Waals surface area contributed by atoms with Gasteiger partial charge >= 0.3 is 0 Å². The van der Waals surface area contributed by atoms with Crippen LogP contribution in [0.4, 0.5) is 0 Å². The van der Waals surface area contributed by atoms with E-state index in [1.54, 1.807) is 0 Å². The quantitative estimate of drug-likeness (QED) is 0.841. The number of aliphatic hydroxyl groups excluding tert-OH is 1. The summed E-state index contributed by atoms with van der Waals surface area (Å²) in [7, 11) is 0. The Hall–Kier alpha value is -1.64. The highest BCUT2D eigenvalue weighted by Crippen LogP contribution is 2.41. The second kappa shape index (κ2) is 6.21. The molecule has 0 aliphatic heterocycles. The lowest BCUT2D eigenvalue weighted by Gasteiger charge is -2.18. The number of aliphatic hydroxyl groups is 1. The summed E-state index contributed by atoms with van der Waals surface area (Å²) in [4.78, 5) is 0. The minimum atomic E-state index is 0.00320. The molecule has 0 spiro atoms. The predicted molar refractivity (Wildman–Crippen MR) is 81.5 cm³/mol. The summed E-state index contributed by atoms with van der Waals surface area (Å²) in [5.41, 5.74) is 3.98. The van der Waals surface area contributed by atoms with E-state index in [9.17, 15) is 5.11 Å². The van der Waals surface area contributed by atoms with Gasteiger partial charge in [0.15, 0.2) is 0 Å². The van der Waals surface area contributed by atoms with E-state index in [4.69, 9.17) is 0 Å². The van der Waals surface area contributed by atoms with Crippen molar-refractivity contribution < 1.29 is 5.11 Å². The zero-order valence-electron chi connectivity index (χ0n) is 11.6. The van der Waals surface area contributed by atoms with Gasteiger partial charge in [-0.3, -0.25) is 0 Å². The van der Waals surface area contributed by atoms with Gasteiger partial charge in [0, 0.05) is 6.54 Å². The van der Waals surface area contributed by atoms with E-state index in [2.05, 4.69) is 41.7 Å². The summed E-state index contributed by atoms with van der Waals surface area (Å²) in [6, 6.07) is 18.8. The van der Waals surface area contributed by atoms with Crippen LogP contribution in [0.2, 0.25) is 0 Å². The third-order valence-electron chi connectivity index (χ3n) is 4.00. The smallest absolute Gasteiger partial charge is 0.0626 e. The molecular weight excluding hydrogens is 246 g/mol. The minimum absolute atomic E-state index is 0.00320. The molecule has 3 rings (SSSR count). The van der Waals surface area contributed by atoms with E-state index in [1.807, 2.05) is 18.2 Å². The standard InChI is InChI=1S/C18H21NO/c20-13-18(15-6-2-1-3-7-15)19-12-16-8-4-5-9-17(16)14-10-11-14/h1-9,14,18-20H,10-13H2. The molecule has 2 aromatic rings. The Kier molecular flexibility index (Phi) is 4.14. The van der Waals surface area contributed by atoms with Crippen molar-refractivity contribution in [2.24, 2.45) is 0 Å². The number of benzene rings is 2. The van der Waals surface area contributed by atoms with Crippen molar-refractivity contribution in [3.63, 3.8) is 0 Å². The maximum Gasteiger partial charge on any atom is 0.0626 e. The largest absolute Gasteiger partial charge is 0.394 e. The molecule has 0 radical (unpaired) electrons. The molecule has 2 N–H and O–H groups in total. The molecule has 1 fully saturated rings. The van der Waals surface area contributed by atoms with Crippen LogP contribution in [0.3, 0.4) is 0 Å². The molecule has 0 saturated heterocycles. The molecule has 2 nitrogen and oxygen atoms in total. The third kappa shape index (κ3) is 3.09. The zero-order chi connectivity index (χ0) is 13.8. The Morgan fingerprint density at radius 2 is 1.70 bits per heavy atom. The van der Waals surface area contributed by atoms with Crippen molar-refractivity contribution in [3.8, 4) is 0 Å². The van der Waals surface area contributed by atoms with Crippen LogP contribution in [0.15, 0.2) is 54.6 Å². The van der Waals surface area contributed by atoms with Gasteiger partial charge in [-0.05, 0) is 35.4 Å². The van der Waals surface area contributed by atoms with Gasteiger partial charge in [-0.15, -0.1) is 0 Å². The summed E-state index contributed by atoms with van der Waals surface area (Å²) < 4.78 is 0. The average Bonchev–Trinajstić information content (AvgIpc) is 3.34. The summed E-state index contributed by atoms with van der Waals surface area (Å²) in [6.07, 6.45) is 2.64. The molecule has 20 heavy (non-hydrogen) atoms. The lowest BCUT2D eigenvalue weighted by Crippen LogP contribution is -2.24. The number of rotatable bonds is 6. The molecule has 0 heterocycles. The second-order valence-electron chi connectivity index (χ2n) is 5.50. The summed E-state index contributed by atoms with van der Waals surface area (Å²) in [5.74, 6) is 0.761. The molecule has 1 atom stereocenters. The highest BCUT2D eigenvalue weighted by atomic mass is 16.3. The van der Waals surface area contributed by atoms with Crippen LogP contribution in [0, 0.1) is 0 Å². The first kappa shape index (κ1) is 13.3. The Morgan fingerprint density at radius 1 is 1.00 bits per heavy atom. The van der Waals surface area contributed by atoms with Crippen LogP contribution in [0.5, 0.6) is 0 Å². The lowest BCUT2D eigenvalue weighted by atomic mass is 10.0. The molecule has 2 aromatic carbocycles. The van der Waals surface area contributed by atoms with Gasteiger partial charge in [0.2, 0.25) is 0 Å². The number of hydrogen-bond donors (Lipinski definition) is 2.